The highest BCUT2D eigenvalue weighted by Crippen LogP contribution is 2.35. The predicted octanol–water partition coefficient (Wildman–Crippen LogP) is 2.55. The molecule has 1 aromatic rings. The van der Waals surface area contributed by atoms with Gasteiger partial charge in [0.2, 0.25) is 0 Å². The van der Waals surface area contributed by atoms with Crippen molar-refractivity contribution in [2.45, 2.75) is 12.0 Å². The Hall–Kier alpha value is -1.15. The first-order valence-corrected chi connectivity index (χ1v) is 5.26. The van der Waals surface area contributed by atoms with E-state index in [1.54, 1.807) is 13.2 Å². The molecular formula is C11H11ClN2O2. The van der Waals surface area contributed by atoms with Crippen LogP contribution in [0.5, 0.6) is 0 Å². The van der Waals surface area contributed by atoms with Gasteiger partial charge in [-0.1, -0.05) is 11.6 Å². The fraction of sp³-hybridized carbons (Fsp3) is 0.455. The number of hydrogen-bond acceptors (Lipinski definition) is 3. The summed E-state index contributed by atoms with van der Waals surface area (Å²) in [5, 5.41) is 0.312. The highest BCUT2D eigenvalue weighted by Gasteiger charge is 2.38. The first-order chi connectivity index (χ1) is 7.70. The van der Waals surface area contributed by atoms with Gasteiger partial charge in [-0.05, 0) is 12.1 Å². The second kappa shape index (κ2) is 4.38. The van der Waals surface area contributed by atoms with E-state index in [-0.39, 0.29) is 0 Å². The first kappa shape index (κ1) is 11.3. The third-order valence-electron chi connectivity index (χ3n) is 2.75. The summed E-state index contributed by atoms with van der Waals surface area (Å²) in [6.07, 6.45) is 0.730. The number of rotatable bonds is 2. The van der Waals surface area contributed by atoms with Crippen LogP contribution in [0.2, 0.25) is 5.15 Å². The summed E-state index contributed by atoms with van der Waals surface area (Å²) >= 11 is 5.88. The zero-order valence-electron chi connectivity index (χ0n) is 8.86. The molecule has 0 saturated carbocycles. The fourth-order valence-corrected chi connectivity index (χ4v) is 2.00. The van der Waals surface area contributed by atoms with Gasteiger partial charge in [-0.2, -0.15) is 0 Å². The minimum absolute atomic E-state index is 0.312. The second-order valence-electron chi connectivity index (χ2n) is 3.65. The van der Waals surface area contributed by atoms with Crippen LogP contribution in [0.3, 0.4) is 0 Å². The lowest BCUT2D eigenvalue weighted by atomic mass is 9.97. The molecule has 0 aromatic carbocycles. The number of methoxy groups -OCH3 is 1. The maximum absolute atomic E-state index is 6.99. The van der Waals surface area contributed by atoms with Crippen molar-refractivity contribution in [2.75, 3.05) is 20.3 Å². The molecular weight excluding hydrogens is 228 g/mol. The van der Waals surface area contributed by atoms with E-state index in [4.69, 9.17) is 27.6 Å². The summed E-state index contributed by atoms with van der Waals surface area (Å²) < 4.78 is 10.8. The van der Waals surface area contributed by atoms with Crippen LogP contribution < -0.4 is 0 Å². The monoisotopic (exact) mass is 238 g/mol. The van der Waals surface area contributed by atoms with Crippen LogP contribution in [0.15, 0.2) is 12.1 Å². The molecule has 4 nitrogen and oxygen atoms in total. The Kier molecular flexibility index (Phi) is 3.10. The second-order valence-corrected chi connectivity index (χ2v) is 4.03. The predicted molar refractivity (Wildman–Crippen MR) is 59.6 cm³/mol. The summed E-state index contributed by atoms with van der Waals surface area (Å²) in [6.45, 7) is 8.08. The Morgan fingerprint density at radius 1 is 1.62 bits per heavy atom. The molecule has 0 aliphatic carbocycles. The van der Waals surface area contributed by atoms with Crippen molar-refractivity contribution in [3.63, 3.8) is 0 Å². The zero-order valence-corrected chi connectivity index (χ0v) is 9.62. The van der Waals surface area contributed by atoms with Gasteiger partial charge in [-0.25, -0.2) is 9.83 Å². The summed E-state index contributed by atoms with van der Waals surface area (Å²) in [6, 6.07) is 3.24. The maximum Gasteiger partial charge on any atom is 0.192 e. The van der Waals surface area contributed by atoms with Crippen LogP contribution in [-0.2, 0) is 15.1 Å². The molecule has 84 valence electrons. The molecule has 0 radical (unpaired) electrons. The van der Waals surface area contributed by atoms with E-state index >= 15 is 0 Å². The highest BCUT2D eigenvalue weighted by atomic mass is 35.5. The molecule has 0 unspecified atom stereocenters. The number of pyridine rings is 1. The molecule has 1 fully saturated rings. The molecule has 1 saturated heterocycles. The molecule has 1 aliphatic heterocycles. The molecule has 1 aromatic heterocycles. The van der Waals surface area contributed by atoms with Gasteiger partial charge >= 0.3 is 0 Å². The summed E-state index contributed by atoms with van der Waals surface area (Å²) in [5.41, 5.74) is 0.592. The lowest BCUT2D eigenvalue weighted by Gasteiger charge is -2.25. The lowest BCUT2D eigenvalue weighted by Crippen LogP contribution is -2.29. The molecule has 0 N–H and O–H groups in total. The Bertz CT molecular complexity index is 436. The normalized spacial score (nSPS) is 24.3. The largest absolute Gasteiger partial charge is 0.378 e. The van der Waals surface area contributed by atoms with Gasteiger partial charge in [-0.3, -0.25) is 0 Å². The number of aromatic nitrogens is 1. The van der Waals surface area contributed by atoms with Gasteiger partial charge in [0.15, 0.2) is 5.69 Å². The quantitative estimate of drug-likeness (QED) is 0.587. The standard InChI is InChI=1S/C11H11ClN2O2/c1-13-8-5-9(14-10(12)6-8)11(15-2)3-4-16-7-11/h5-6H,3-4,7H2,2H3/t11-/m0/s1. The van der Waals surface area contributed by atoms with Crippen molar-refractivity contribution < 1.29 is 9.47 Å². The van der Waals surface area contributed by atoms with E-state index < -0.39 is 5.60 Å². The zero-order chi connectivity index (χ0) is 11.6. The summed E-state index contributed by atoms with van der Waals surface area (Å²) in [4.78, 5) is 7.58. The third-order valence-corrected chi connectivity index (χ3v) is 2.94. The van der Waals surface area contributed by atoms with Crippen LogP contribution in [0.1, 0.15) is 12.1 Å². The van der Waals surface area contributed by atoms with Crippen molar-refractivity contribution in [3.8, 4) is 0 Å². The van der Waals surface area contributed by atoms with Crippen molar-refractivity contribution in [1.82, 2.24) is 4.98 Å². The minimum Gasteiger partial charge on any atom is -0.378 e. The molecule has 0 bridgehead atoms. The van der Waals surface area contributed by atoms with Crippen molar-refractivity contribution in [3.05, 3.63) is 34.4 Å². The molecule has 1 aliphatic rings. The Labute approximate surface area is 99.0 Å². The summed E-state index contributed by atoms with van der Waals surface area (Å²) in [5.74, 6) is 0. The Morgan fingerprint density at radius 3 is 3.00 bits per heavy atom. The van der Waals surface area contributed by atoms with Crippen LogP contribution >= 0.6 is 11.6 Å². The van der Waals surface area contributed by atoms with Crippen LogP contribution in [0, 0.1) is 6.57 Å². The van der Waals surface area contributed by atoms with Crippen molar-refractivity contribution >= 4 is 17.3 Å². The van der Waals surface area contributed by atoms with Gasteiger partial charge in [-0.15, -0.1) is 0 Å². The lowest BCUT2D eigenvalue weighted by molar-refractivity contribution is -0.0245. The van der Waals surface area contributed by atoms with Gasteiger partial charge in [0.1, 0.15) is 10.8 Å². The van der Waals surface area contributed by atoms with E-state index in [1.807, 2.05) is 0 Å². The topological polar surface area (TPSA) is 35.7 Å². The average molecular weight is 239 g/mol. The fourth-order valence-electron chi connectivity index (χ4n) is 1.80. The molecule has 0 spiro atoms. The molecule has 1 atom stereocenters. The summed E-state index contributed by atoms with van der Waals surface area (Å²) in [7, 11) is 1.62. The van der Waals surface area contributed by atoms with E-state index in [0.717, 1.165) is 6.42 Å². The Balaban J connectivity index is 2.46. The van der Waals surface area contributed by atoms with E-state index in [2.05, 4.69) is 9.83 Å². The van der Waals surface area contributed by atoms with Crippen molar-refractivity contribution in [2.24, 2.45) is 0 Å². The number of nitrogens with zero attached hydrogens (tertiary/aromatic N) is 2. The number of halogens is 1. The molecule has 2 rings (SSSR count). The molecule has 16 heavy (non-hydrogen) atoms. The van der Waals surface area contributed by atoms with E-state index in [1.165, 1.54) is 6.07 Å². The van der Waals surface area contributed by atoms with Gasteiger partial charge in [0.05, 0.1) is 18.9 Å². The SMILES string of the molecule is [C-]#[N+]c1cc(Cl)nc([C@]2(OC)CCOC2)c1. The van der Waals surface area contributed by atoms with Crippen LogP contribution in [0.4, 0.5) is 5.69 Å². The Morgan fingerprint density at radius 2 is 2.44 bits per heavy atom. The smallest absolute Gasteiger partial charge is 0.192 e. The minimum atomic E-state index is -0.551. The van der Waals surface area contributed by atoms with E-state index in [0.29, 0.717) is 29.7 Å². The molecule has 2 heterocycles. The third kappa shape index (κ3) is 1.90. The maximum atomic E-state index is 6.99. The van der Waals surface area contributed by atoms with Gasteiger partial charge in [0.25, 0.3) is 0 Å². The highest BCUT2D eigenvalue weighted by molar-refractivity contribution is 6.29. The van der Waals surface area contributed by atoms with Gasteiger partial charge < -0.3 is 9.47 Å². The van der Waals surface area contributed by atoms with Crippen molar-refractivity contribution in [1.29, 1.82) is 0 Å². The van der Waals surface area contributed by atoms with Crippen LogP contribution in [0.25, 0.3) is 4.85 Å². The average Bonchev–Trinajstić information content (AvgIpc) is 2.78. The first-order valence-electron chi connectivity index (χ1n) is 4.88. The van der Waals surface area contributed by atoms with E-state index in [9.17, 15) is 0 Å². The molecule has 0 amide bonds. The van der Waals surface area contributed by atoms with Gasteiger partial charge in [0, 0.05) is 20.1 Å². The molecule has 5 heteroatoms. The van der Waals surface area contributed by atoms with Crippen LogP contribution in [-0.4, -0.2) is 25.3 Å². The number of hydrogen-bond donors (Lipinski definition) is 0. The number of ether oxygens (including phenoxy) is 2.